The minimum atomic E-state index is -1.30. The van der Waals surface area contributed by atoms with Crippen molar-refractivity contribution in [1.29, 1.82) is 0 Å². The Hall–Kier alpha value is -2.68. The second-order valence-corrected chi connectivity index (χ2v) is 11.1. The number of aliphatic hydroxyl groups is 1. The number of carbonyl (C=O) groups excluding carboxylic acids is 3. The van der Waals surface area contributed by atoms with Crippen LogP contribution < -0.4 is 4.90 Å². The number of fused-ring (bicyclic) bond motifs is 2. The maximum Gasteiger partial charge on any atom is 0.313 e. The number of hydrogen-bond donors (Lipinski definition) is 1. The number of ether oxygens (including phenoxy) is 2. The SMILES string of the molecule is C[C@@]12/C=C\CCCOC(=O)[C@@H]1[C@H]1C(=O)N(CCCCCCO)C3C(=O)N(c4ccc(Cl)cc4)CC=C[C@@]31O2. The van der Waals surface area contributed by atoms with Crippen LogP contribution in [-0.2, 0) is 23.9 Å². The van der Waals surface area contributed by atoms with E-state index in [2.05, 4.69) is 0 Å². The van der Waals surface area contributed by atoms with Crippen molar-refractivity contribution >= 4 is 35.1 Å². The maximum atomic E-state index is 14.3. The maximum absolute atomic E-state index is 14.3. The third-order valence-electron chi connectivity index (χ3n) is 8.20. The minimum absolute atomic E-state index is 0.125. The number of cyclic esters (lactones) is 1. The molecule has 5 rings (SSSR count). The summed E-state index contributed by atoms with van der Waals surface area (Å²) in [7, 11) is 0. The molecule has 4 heterocycles. The fourth-order valence-corrected chi connectivity index (χ4v) is 6.60. The number of allylic oxidation sites excluding steroid dienone is 1. The molecule has 9 heteroatoms. The summed E-state index contributed by atoms with van der Waals surface area (Å²) in [5.74, 6) is -2.72. The van der Waals surface area contributed by atoms with Crippen molar-refractivity contribution in [2.24, 2.45) is 11.8 Å². The molecule has 1 spiro atoms. The van der Waals surface area contributed by atoms with E-state index in [1.807, 2.05) is 31.2 Å². The Labute approximate surface area is 228 Å². The number of carbonyl (C=O) groups is 3. The van der Waals surface area contributed by atoms with Crippen LogP contribution in [0, 0.1) is 11.8 Å². The van der Waals surface area contributed by atoms with E-state index in [9.17, 15) is 14.4 Å². The van der Waals surface area contributed by atoms with Gasteiger partial charge in [-0.2, -0.15) is 0 Å². The summed E-state index contributed by atoms with van der Waals surface area (Å²) in [6, 6.07) is 6.10. The predicted molar refractivity (Wildman–Crippen MR) is 143 cm³/mol. The summed E-state index contributed by atoms with van der Waals surface area (Å²) >= 11 is 6.10. The van der Waals surface area contributed by atoms with E-state index in [0.29, 0.717) is 43.1 Å². The van der Waals surface area contributed by atoms with Crippen molar-refractivity contribution in [1.82, 2.24) is 4.90 Å². The monoisotopic (exact) mass is 542 g/mol. The van der Waals surface area contributed by atoms with Crippen LogP contribution in [0.5, 0.6) is 0 Å². The lowest BCUT2D eigenvalue weighted by atomic mass is 9.74. The summed E-state index contributed by atoms with van der Waals surface area (Å²) in [4.78, 5) is 45.2. The van der Waals surface area contributed by atoms with Gasteiger partial charge < -0.3 is 24.4 Å². The number of likely N-dealkylation sites (tertiary alicyclic amines) is 1. The third-order valence-corrected chi connectivity index (χ3v) is 8.45. The first kappa shape index (κ1) is 26.9. The number of halogens is 1. The molecule has 1 unspecified atom stereocenters. The highest BCUT2D eigenvalue weighted by Crippen LogP contribution is 2.57. The topological polar surface area (TPSA) is 96.4 Å². The minimum Gasteiger partial charge on any atom is -0.465 e. The molecule has 0 radical (unpaired) electrons. The lowest BCUT2D eigenvalue weighted by Gasteiger charge is -2.37. The average Bonchev–Trinajstić information content (AvgIpc) is 3.24. The zero-order valence-electron chi connectivity index (χ0n) is 21.7. The molecule has 2 amide bonds. The smallest absolute Gasteiger partial charge is 0.313 e. The molecule has 0 bridgehead atoms. The molecular weight excluding hydrogens is 508 g/mol. The summed E-state index contributed by atoms with van der Waals surface area (Å²) in [6.45, 7) is 2.88. The van der Waals surface area contributed by atoms with Crippen molar-refractivity contribution in [3.63, 3.8) is 0 Å². The van der Waals surface area contributed by atoms with E-state index in [1.54, 1.807) is 34.1 Å². The van der Waals surface area contributed by atoms with Crippen LogP contribution in [0.2, 0.25) is 5.02 Å². The second-order valence-electron chi connectivity index (χ2n) is 10.7. The molecular formula is C29H35ClN2O6. The molecule has 0 saturated carbocycles. The standard InChI is InChI=1S/C29H35ClN2O6/c1-28-14-5-4-8-19-37-27(36)23(28)22-25(34)32(16-6-2-3-7-18-33)24-26(35)31(17-9-15-29(22,24)38-28)21-12-10-20(30)11-13-21/h5,9-15,22-24,33H,2-4,6-8,16-19H2,1H3/b14-5-/t22-,23-,24?,28+,29-/m0/s1. The fraction of sp³-hybridized carbons (Fsp3) is 0.552. The van der Waals surface area contributed by atoms with E-state index in [0.717, 1.165) is 19.3 Å². The number of amides is 2. The van der Waals surface area contributed by atoms with Crippen LogP contribution in [0.4, 0.5) is 5.69 Å². The van der Waals surface area contributed by atoms with Gasteiger partial charge in [0.2, 0.25) is 5.91 Å². The van der Waals surface area contributed by atoms with Gasteiger partial charge in [0.1, 0.15) is 17.6 Å². The normalized spacial score (nSPS) is 33.6. The van der Waals surface area contributed by atoms with Gasteiger partial charge in [-0.1, -0.05) is 48.7 Å². The first-order chi connectivity index (χ1) is 18.3. The molecule has 1 N–H and O–H groups in total. The summed E-state index contributed by atoms with van der Waals surface area (Å²) < 4.78 is 12.4. The largest absolute Gasteiger partial charge is 0.465 e. The summed E-state index contributed by atoms with van der Waals surface area (Å²) in [6.07, 6.45) is 12.0. The molecule has 1 aromatic carbocycles. The van der Waals surface area contributed by atoms with Crippen LogP contribution in [0.15, 0.2) is 48.6 Å². The van der Waals surface area contributed by atoms with Crippen molar-refractivity contribution in [2.75, 3.05) is 31.2 Å². The molecule has 2 fully saturated rings. The van der Waals surface area contributed by atoms with Gasteiger partial charge in [-0.15, -0.1) is 0 Å². The van der Waals surface area contributed by atoms with E-state index in [4.69, 9.17) is 26.2 Å². The first-order valence-corrected chi connectivity index (χ1v) is 13.9. The second kappa shape index (κ2) is 10.8. The number of anilines is 1. The zero-order valence-corrected chi connectivity index (χ0v) is 22.4. The van der Waals surface area contributed by atoms with Crippen molar-refractivity contribution < 1.29 is 29.0 Å². The van der Waals surface area contributed by atoms with Gasteiger partial charge in [0.25, 0.3) is 5.91 Å². The summed E-state index contributed by atoms with van der Waals surface area (Å²) in [5.41, 5.74) is -1.72. The number of hydrogen-bond acceptors (Lipinski definition) is 6. The first-order valence-electron chi connectivity index (χ1n) is 13.5. The van der Waals surface area contributed by atoms with E-state index >= 15 is 0 Å². The molecule has 38 heavy (non-hydrogen) atoms. The highest BCUT2D eigenvalue weighted by Gasteiger charge is 2.74. The number of benzene rings is 1. The molecule has 0 aliphatic carbocycles. The highest BCUT2D eigenvalue weighted by atomic mass is 35.5. The number of nitrogens with zero attached hydrogens (tertiary/aromatic N) is 2. The molecule has 8 nitrogen and oxygen atoms in total. The van der Waals surface area contributed by atoms with Gasteiger partial charge in [-0.05, 0) is 56.9 Å². The van der Waals surface area contributed by atoms with Gasteiger partial charge in [0, 0.05) is 30.4 Å². The third kappa shape index (κ3) is 4.56. The Morgan fingerprint density at radius 2 is 1.76 bits per heavy atom. The fourth-order valence-electron chi connectivity index (χ4n) is 6.47. The number of aliphatic hydroxyl groups excluding tert-OH is 1. The molecule has 2 saturated heterocycles. The van der Waals surface area contributed by atoms with E-state index in [1.165, 1.54) is 0 Å². The summed E-state index contributed by atoms with van der Waals surface area (Å²) in [5, 5.41) is 9.69. The Bertz CT molecular complexity index is 1140. The molecule has 0 aromatic heterocycles. The van der Waals surface area contributed by atoms with Crippen LogP contribution in [0.1, 0.15) is 45.4 Å². The van der Waals surface area contributed by atoms with Crippen molar-refractivity contribution in [3.8, 4) is 0 Å². The lowest BCUT2D eigenvalue weighted by Crippen LogP contribution is -2.56. The van der Waals surface area contributed by atoms with Crippen LogP contribution in [0.3, 0.4) is 0 Å². The Morgan fingerprint density at radius 1 is 1.00 bits per heavy atom. The number of esters is 1. The van der Waals surface area contributed by atoms with Gasteiger partial charge >= 0.3 is 5.97 Å². The van der Waals surface area contributed by atoms with Gasteiger partial charge in [0.15, 0.2) is 0 Å². The van der Waals surface area contributed by atoms with Gasteiger partial charge in [-0.25, -0.2) is 0 Å². The Morgan fingerprint density at radius 3 is 2.53 bits per heavy atom. The van der Waals surface area contributed by atoms with Crippen LogP contribution in [-0.4, -0.2) is 71.3 Å². The zero-order chi connectivity index (χ0) is 26.9. The van der Waals surface area contributed by atoms with Gasteiger partial charge in [-0.3, -0.25) is 14.4 Å². The predicted octanol–water partition coefficient (Wildman–Crippen LogP) is 3.66. The number of rotatable bonds is 7. The van der Waals surface area contributed by atoms with Crippen LogP contribution >= 0.6 is 11.6 Å². The van der Waals surface area contributed by atoms with Crippen molar-refractivity contribution in [2.45, 2.75) is 62.7 Å². The Balaban J connectivity index is 1.56. The Kier molecular flexibility index (Phi) is 7.67. The molecule has 4 aliphatic heterocycles. The lowest BCUT2D eigenvalue weighted by molar-refractivity contribution is -0.158. The molecule has 204 valence electrons. The van der Waals surface area contributed by atoms with Gasteiger partial charge in [0.05, 0.1) is 18.1 Å². The molecule has 5 atom stereocenters. The van der Waals surface area contributed by atoms with Crippen molar-refractivity contribution in [3.05, 3.63) is 53.6 Å². The van der Waals surface area contributed by atoms with E-state index < -0.39 is 35.0 Å². The average molecular weight is 543 g/mol. The van der Waals surface area contributed by atoms with Crippen LogP contribution in [0.25, 0.3) is 0 Å². The van der Waals surface area contributed by atoms with E-state index in [-0.39, 0.29) is 25.0 Å². The molecule has 1 aromatic rings. The molecule has 4 aliphatic rings. The number of unbranched alkanes of at least 4 members (excludes halogenated alkanes) is 3. The quantitative estimate of drug-likeness (QED) is 0.321. The highest BCUT2D eigenvalue weighted by molar-refractivity contribution is 6.30.